The van der Waals surface area contributed by atoms with E-state index >= 15 is 0 Å². The van der Waals surface area contributed by atoms with E-state index in [2.05, 4.69) is 57.9 Å². The smallest absolute Gasteiger partial charge is 0.257 e. The molecule has 1 aromatic carbocycles. The molecule has 3 heterocycles. The van der Waals surface area contributed by atoms with Crippen molar-refractivity contribution in [2.45, 2.75) is 32.9 Å². The lowest BCUT2D eigenvalue weighted by molar-refractivity contribution is 0.0848. The Morgan fingerprint density at radius 3 is 2.88 bits per heavy atom. The van der Waals surface area contributed by atoms with E-state index in [1.54, 1.807) is 0 Å². The van der Waals surface area contributed by atoms with Crippen LogP contribution < -0.4 is 5.32 Å². The fraction of sp³-hybridized carbons (Fsp3) is 0.316. The third-order valence-electron chi connectivity index (χ3n) is 4.39. The van der Waals surface area contributed by atoms with Crippen molar-refractivity contribution in [2.75, 3.05) is 6.54 Å². The molecule has 1 unspecified atom stereocenters. The molecule has 1 atom stereocenters. The number of fused-ring (bicyclic) bond motifs is 1. The normalized spacial score (nSPS) is 16.9. The second kappa shape index (κ2) is 6.64. The molecule has 0 radical (unpaired) electrons. The number of hydrogen-bond acceptors (Lipinski definition) is 6. The highest BCUT2D eigenvalue weighted by atomic mass is 16.6. The quantitative estimate of drug-likeness (QED) is 0.775. The summed E-state index contributed by atoms with van der Waals surface area (Å²) in [4.78, 5) is 9.84. The Labute approximate surface area is 145 Å². The number of rotatable bonds is 5. The van der Waals surface area contributed by atoms with Crippen LogP contribution >= 0.6 is 0 Å². The van der Waals surface area contributed by atoms with Crippen LogP contribution in [0.2, 0.25) is 0 Å². The summed E-state index contributed by atoms with van der Waals surface area (Å²) in [5.74, 6) is 0. The number of pyridine rings is 1. The summed E-state index contributed by atoms with van der Waals surface area (Å²) in [6, 6.07) is 10.4. The average molecular weight is 336 g/mol. The predicted molar refractivity (Wildman–Crippen MR) is 95.5 cm³/mol. The average Bonchev–Trinajstić information content (AvgIpc) is 3.23. The number of oxime groups is 1. The van der Waals surface area contributed by atoms with Crippen LogP contribution in [0, 0.1) is 13.8 Å². The van der Waals surface area contributed by atoms with E-state index in [1.165, 1.54) is 5.56 Å². The van der Waals surface area contributed by atoms with Gasteiger partial charge >= 0.3 is 0 Å². The van der Waals surface area contributed by atoms with Crippen LogP contribution in [-0.2, 0) is 11.4 Å². The number of aryl methyl sites for hydroxylation is 2. The summed E-state index contributed by atoms with van der Waals surface area (Å²) in [6.07, 6.45) is 2.69. The number of nitrogens with one attached hydrogen (secondary N) is 1. The van der Waals surface area contributed by atoms with E-state index in [1.807, 2.05) is 13.1 Å². The Bertz CT molecular complexity index is 915. The zero-order chi connectivity index (χ0) is 17.2. The van der Waals surface area contributed by atoms with Gasteiger partial charge in [0.2, 0.25) is 0 Å². The van der Waals surface area contributed by atoms with Crippen LogP contribution in [0.5, 0.6) is 0 Å². The first-order chi connectivity index (χ1) is 12.2. The Hall–Kier alpha value is -2.73. The molecule has 1 aliphatic rings. The van der Waals surface area contributed by atoms with Gasteiger partial charge in [0, 0.05) is 25.7 Å². The fourth-order valence-corrected chi connectivity index (χ4v) is 2.92. The maximum Gasteiger partial charge on any atom is 0.257 e. The van der Waals surface area contributed by atoms with Gasteiger partial charge in [0.15, 0.2) is 0 Å². The van der Waals surface area contributed by atoms with Gasteiger partial charge in [-0.15, -0.1) is 0 Å². The highest BCUT2D eigenvalue weighted by Crippen LogP contribution is 2.18. The van der Waals surface area contributed by atoms with E-state index in [9.17, 15) is 0 Å². The molecule has 2 aromatic heterocycles. The van der Waals surface area contributed by atoms with Crippen molar-refractivity contribution in [1.29, 1.82) is 0 Å². The summed E-state index contributed by atoms with van der Waals surface area (Å²) in [7, 11) is 0. The minimum absolute atomic E-state index is 0.0605. The minimum Gasteiger partial charge on any atom is -0.390 e. The van der Waals surface area contributed by atoms with Crippen molar-refractivity contribution in [3.8, 4) is 0 Å². The highest BCUT2D eigenvalue weighted by Gasteiger charge is 2.21. The summed E-state index contributed by atoms with van der Waals surface area (Å²) >= 11 is 0. The van der Waals surface area contributed by atoms with Crippen molar-refractivity contribution in [1.82, 2.24) is 15.5 Å². The molecule has 6 heteroatoms. The van der Waals surface area contributed by atoms with Crippen LogP contribution in [-0.4, -0.2) is 28.5 Å². The molecule has 1 aliphatic heterocycles. The minimum atomic E-state index is 0.0605. The third kappa shape index (κ3) is 3.39. The molecule has 1 N–H and O–H groups in total. The monoisotopic (exact) mass is 336 g/mol. The molecule has 0 bridgehead atoms. The van der Waals surface area contributed by atoms with Gasteiger partial charge in [-0.2, -0.15) is 0 Å². The molecule has 0 spiro atoms. The first-order valence-corrected chi connectivity index (χ1v) is 8.40. The molecule has 0 saturated carbocycles. The van der Waals surface area contributed by atoms with Gasteiger partial charge in [-0.05, 0) is 31.0 Å². The zero-order valence-electron chi connectivity index (χ0n) is 14.3. The maximum absolute atomic E-state index is 5.55. The number of hydrogen-bond donors (Lipinski definition) is 1. The van der Waals surface area contributed by atoms with Crippen molar-refractivity contribution >= 4 is 16.8 Å². The van der Waals surface area contributed by atoms with Crippen LogP contribution in [0.4, 0.5) is 0 Å². The number of benzene rings is 1. The predicted octanol–water partition coefficient (Wildman–Crippen LogP) is 3.12. The van der Waals surface area contributed by atoms with Crippen LogP contribution in [0.15, 0.2) is 46.2 Å². The zero-order valence-corrected chi connectivity index (χ0v) is 14.3. The molecule has 0 amide bonds. The van der Waals surface area contributed by atoms with Gasteiger partial charge in [-0.25, -0.2) is 4.98 Å². The Morgan fingerprint density at radius 1 is 1.20 bits per heavy atom. The van der Waals surface area contributed by atoms with E-state index in [0.29, 0.717) is 12.3 Å². The number of nitrogens with zero attached hydrogens (tertiary/aromatic N) is 3. The second-order valence-electron chi connectivity index (χ2n) is 6.43. The van der Waals surface area contributed by atoms with Gasteiger partial charge < -0.3 is 14.7 Å². The summed E-state index contributed by atoms with van der Waals surface area (Å²) in [5.41, 5.74) is 5.92. The Balaban J connectivity index is 1.30. The van der Waals surface area contributed by atoms with Crippen molar-refractivity contribution in [3.63, 3.8) is 0 Å². The molecule has 0 aliphatic carbocycles. The van der Waals surface area contributed by atoms with Gasteiger partial charge in [0.25, 0.3) is 5.71 Å². The van der Waals surface area contributed by atoms with Crippen molar-refractivity contribution in [3.05, 3.63) is 58.9 Å². The van der Waals surface area contributed by atoms with E-state index in [0.717, 1.165) is 40.9 Å². The highest BCUT2D eigenvalue weighted by molar-refractivity contribution is 6.01. The van der Waals surface area contributed by atoms with E-state index in [-0.39, 0.29) is 6.10 Å². The molecule has 6 nitrogen and oxygen atoms in total. The Kier molecular flexibility index (Phi) is 4.19. The van der Waals surface area contributed by atoms with Gasteiger partial charge in [0.1, 0.15) is 6.10 Å². The third-order valence-corrected chi connectivity index (χ3v) is 4.39. The lowest BCUT2D eigenvalue weighted by Gasteiger charge is -2.09. The molecular formula is C19H20N4O2. The molecule has 4 rings (SSSR count). The first-order valence-electron chi connectivity index (χ1n) is 8.40. The molecule has 25 heavy (non-hydrogen) atoms. The molecule has 0 fully saturated rings. The fourth-order valence-electron chi connectivity index (χ4n) is 2.92. The lowest BCUT2D eigenvalue weighted by atomic mass is 10.0. The topological polar surface area (TPSA) is 72.5 Å². The van der Waals surface area contributed by atoms with Gasteiger partial charge in [0.05, 0.1) is 16.8 Å². The summed E-state index contributed by atoms with van der Waals surface area (Å²) in [6.45, 7) is 5.45. The molecule has 0 saturated heterocycles. The number of aromatic nitrogens is 2. The lowest BCUT2D eigenvalue weighted by Crippen LogP contribution is -2.26. The van der Waals surface area contributed by atoms with Gasteiger partial charge in [-0.3, -0.25) is 0 Å². The van der Waals surface area contributed by atoms with Crippen LogP contribution in [0.1, 0.15) is 28.8 Å². The summed E-state index contributed by atoms with van der Waals surface area (Å²) in [5, 5.41) is 12.5. The van der Waals surface area contributed by atoms with Crippen LogP contribution in [0.25, 0.3) is 11.1 Å². The molecule has 3 aromatic rings. The SMILES string of the molecule is Cc1ccc(C2=NOC(CNCc3cnc4onc(C)c4c3)C2)cc1. The van der Waals surface area contributed by atoms with Gasteiger partial charge in [-0.1, -0.05) is 40.1 Å². The van der Waals surface area contributed by atoms with E-state index < -0.39 is 0 Å². The summed E-state index contributed by atoms with van der Waals surface area (Å²) < 4.78 is 5.13. The first kappa shape index (κ1) is 15.8. The van der Waals surface area contributed by atoms with E-state index in [4.69, 9.17) is 9.36 Å². The van der Waals surface area contributed by atoms with Crippen LogP contribution in [0.3, 0.4) is 0 Å². The Morgan fingerprint density at radius 2 is 2.04 bits per heavy atom. The largest absolute Gasteiger partial charge is 0.390 e. The molecule has 128 valence electrons. The standard InChI is InChI=1S/C19H20N4O2/c1-12-3-5-15(6-4-12)18-8-16(24-23-18)11-20-9-14-7-17-13(2)22-25-19(17)21-10-14/h3-7,10,16,20H,8-9,11H2,1-2H3. The molecular weight excluding hydrogens is 316 g/mol. The second-order valence-corrected chi connectivity index (χ2v) is 6.43. The van der Waals surface area contributed by atoms with Crippen molar-refractivity contribution in [2.24, 2.45) is 5.16 Å². The maximum atomic E-state index is 5.55. The van der Waals surface area contributed by atoms with Crippen molar-refractivity contribution < 1.29 is 9.36 Å².